The van der Waals surface area contributed by atoms with Gasteiger partial charge in [0.25, 0.3) is 5.91 Å². The van der Waals surface area contributed by atoms with Crippen LogP contribution in [0, 0.1) is 6.92 Å². The first-order chi connectivity index (χ1) is 12.8. The molecule has 0 radical (unpaired) electrons. The fraction of sp³-hybridized carbons (Fsp3) is 0.278. The van der Waals surface area contributed by atoms with E-state index in [2.05, 4.69) is 10.6 Å². The average Bonchev–Trinajstić information content (AvgIpc) is 3.22. The topological polar surface area (TPSA) is 101 Å². The number of hydrogen-bond acceptors (Lipinski definition) is 5. The lowest BCUT2D eigenvalue weighted by molar-refractivity contribution is -0.134. The molecular formula is C18H18ClN3O5. The summed E-state index contributed by atoms with van der Waals surface area (Å²) in [5, 5.41) is 5.70. The molecule has 0 bridgehead atoms. The van der Waals surface area contributed by atoms with E-state index in [4.69, 9.17) is 20.8 Å². The number of methoxy groups -OCH3 is 1. The minimum absolute atomic E-state index is 0.291. The van der Waals surface area contributed by atoms with Crippen LogP contribution in [0.5, 0.6) is 5.75 Å². The molecule has 2 N–H and O–H groups in total. The fourth-order valence-electron chi connectivity index (χ4n) is 2.83. The van der Waals surface area contributed by atoms with E-state index in [9.17, 15) is 14.4 Å². The Hall–Kier alpha value is -3.00. The summed E-state index contributed by atoms with van der Waals surface area (Å²) in [5.41, 5.74) is -0.214. The molecule has 8 nitrogen and oxygen atoms in total. The maximum atomic E-state index is 12.7. The number of ether oxygens (including phenoxy) is 1. The van der Waals surface area contributed by atoms with Crippen molar-refractivity contribution in [2.75, 3.05) is 19.0 Å². The highest BCUT2D eigenvalue weighted by atomic mass is 35.5. The quantitative estimate of drug-likeness (QED) is 0.763. The fourth-order valence-corrected chi connectivity index (χ4v) is 2.99. The van der Waals surface area contributed by atoms with Crippen LogP contribution in [-0.2, 0) is 15.1 Å². The number of urea groups is 1. The predicted octanol–water partition coefficient (Wildman–Crippen LogP) is 2.66. The van der Waals surface area contributed by atoms with Gasteiger partial charge in [0.05, 0.1) is 19.1 Å². The van der Waals surface area contributed by atoms with Crippen LogP contribution in [0.4, 0.5) is 10.5 Å². The largest absolute Gasteiger partial charge is 0.495 e. The van der Waals surface area contributed by atoms with Gasteiger partial charge in [-0.3, -0.25) is 14.5 Å². The van der Waals surface area contributed by atoms with Gasteiger partial charge in [-0.2, -0.15) is 0 Å². The zero-order valence-electron chi connectivity index (χ0n) is 15.0. The highest BCUT2D eigenvalue weighted by Crippen LogP contribution is 2.32. The molecule has 9 heteroatoms. The molecule has 2 aromatic rings. The number of nitrogens with one attached hydrogen (secondary N) is 2. The Morgan fingerprint density at radius 2 is 2.15 bits per heavy atom. The molecular weight excluding hydrogens is 374 g/mol. The SMILES string of the molecule is COc1cc(Cl)c(C)cc1NC(=O)CN1C(=O)N[C@](C)(c2ccco2)C1=O. The molecule has 4 amide bonds. The third kappa shape index (κ3) is 3.35. The highest BCUT2D eigenvalue weighted by Gasteiger charge is 2.51. The summed E-state index contributed by atoms with van der Waals surface area (Å²) in [5.74, 6) is -0.464. The van der Waals surface area contributed by atoms with Crippen molar-refractivity contribution in [2.45, 2.75) is 19.4 Å². The average molecular weight is 392 g/mol. The molecule has 142 valence electrons. The summed E-state index contributed by atoms with van der Waals surface area (Å²) >= 11 is 6.05. The van der Waals surface area contributed by atoms with E-state index in [1.165, 1.54) is 20.3 Å². The van der Waals surface area contributed by atoms with Gasteiger partial charge in [0.2, 0.25) is 5.91 Å². The number of hydrogen-bond donors (Lipinski definition) is 2. The van der Waals surface area contributed by atoms with E-state index in [1.807, 2.05) is 0 Å². The number of carbonyl (C=O) groups is 3. The van der Waals surface area contributed by atoms with Crippen molar-refractivity contribution in [1.29, 1.82) is 0 Å². The normalized spacial score (nSPS) is 19.2. The van der Waals surface area contributed by atoms with Crippen LogP contribution in [0.3, 0.4) is 0 Å². The second-order valence-electron chi connectivity index (χ2n) is 6.27. The minimum Gasteiger partial charge on any atom is -0.495 e. The number of aryl methyl sites for hydroxylation is 1. The molecule has 1 aromatic heterocycles. The van der Waals surface area contributed by atoms with Crippen LogP contribution in [-0.4, -0.2) is 36.4 Å². The Morgan fingerprint density at radius 3 is 2.78 bits per heavy atom. The molecule has 3 rings (SSSR count). The van der Waals surface area contributed by atoms with Crippen molar-refractivity contribution in [3.05, 3.63) is 46.9 Å². The monoisotopic (exact) mass is 391 g/mol. The summed E-state index contributed by atoms with van der Waals surface area (Å²) in [6.07, 6.45) is 1.41. The smallest absolute Gasteiger partial charge is 0.325 e. The third-order valence-electron chi connectivity index (χ3n) is 4.35. The number of rotatable bonds is 5. The van der Waals surface area contributed by atoms with Crippen LogP contribution < -0.4 is 15.4 Å². The molecule has 1 saturated heterocycles. The molecule has 2 heterocycles. The first-order valence-electron chi connectivity index (χ1n) is 8.08. The molecule has 1 aliphatic heterocycles. The molecule has 0 spiro atoms. The summed E-state index contributed by atoms with van der Waals surface area (Å²) in [4.78, 5) is 38.2. The van der Waals surface area contributed by atoms with Crippen LogP contribution >= 0.6 is 11.6 Å². The van der Waals surface area contributed by atoms with Gasteiger partial charge in [0, 0.05) is 11.1 Å². The lowest BCUT2D eigenvalue weighted by atomic mass is 9.99. The highest BCUT2D eigenvalue weighted by molar-refractivity contribution is 6.31. The molecule has 1 aliphatic rings. The summed E-state index contributed by atoms with van der Waals surface area (Å²) < 4.78 is 10.5. The van der Waals surface area contributed by atoms with Crippen LogP contribution in [0.15, 0.2) is 34.9 Å². The Kier molecular flexibility index (Phi) is 4.84. The zero-order valence-corrected chi connectivity index (χ0v) is 15.7. The number of furan rings is 1. The van der Waals surface area contributed by atoms with Gasteiger partial charge in [0.1, 0.15) is 18.1 Å². The first kappa shape index (κ1) is 18.8. The van der Waals surface area contributed by atoms with E-state index < -0.39 is 29.9 Å². The lowest BCUT2D eigenvalue weighted by Gasteiger charge is -2.19. The summed E-state index contributed by atoms with van der Waals surface area (Å²) in [6.45, 7) is 2.85. The van der Waals surface area contributed by atoms with Crippen LogP contribution in [0.1, 0.15) is 18.2 Å². The van der Waals surface area contributed by atoms with Gasteiger partial charge in [-0.25, -0.2) is 4.79 Å². The zero-order chi connectivity index (χ0) is 19.8. The number of carbonyl (C=O) groups excluding carboxylic acids is 3. The van der Waals surface area contributed by atoms with Gasteiger partial charge in [0.15, 0.2) is 5.54 Å². The van der Waals surface area contributed by atoms with E-state index in [1.54, 1.807) is 31.2 Å². The lowest BCUT2D eigenvalue weighted by Crippen LogP contribution is -2.41. The minimum atomic E-state index is -1.35. The summed E-state index contributed by atoms with van der Waals surface area (Å²) in [6, 6.07) is 5.76. The predicted molar refractivity (Wildman–Crippen MR) is 97.7 cm³/mol. The third-order valence-corrected chi connectivity index (χ3v) is 4.75. The van der Waals surface area contributed by atoms with E-state index >= 15 is 0 Å². The molecule has 0 saturated carbocycles. The van der Waals surface area contributed by atoms with Gasteiger partial charge < -0.3 is 19.8 Å². The molecule has 1 atom stereocenters. The first-order valence-corrected chi connectivity index (χ1v) is 8.46. The number of anilines is 1. The maximum absolute atomic E-state index is 12.7. The van der Waals surface area contributed by atoms with Gasteiger partial charge in [-0.15, -0.1) is 0 Å². The van der Waals surface area contributed by atoms with Crippen LogP contribution in [0.2, 0.25) is 5.02 Å². The molecule has 1 fully saturated rings. The Balaban J connectivity index is 1.76. The van der Waals surface area contributed by atoms with Crippen molar-refractivity contribution in [2.24, 2.45) is 0 Å². The number of benzene rings is 1. The Morgan fingerprint density at radius 1 is 1.41 bits per heavy atom. The number of nitrogens with zero attached hydrogens (tertiary/aromatic N) is 1. The molecule has 0 aliphatic carbocycles. The molecule has 0 unspecified atom stereocenters. The Labute approximate surface area is 160 Å². The van der Waals surface area contributed by atoms with E-state index in [0.717, 1.165) is 10.5 Å². The van der Waals surface area contributed by atoms with Crippen LogP contribution in [0.25, 0.3) is 0 Å². The summed E-state index contributed by atoms with van der Waals surface area (Å²) in [7, 11) is 1.45. The van der Waals surface area contributed by atoms with Crippen molar-refractivity contribution in [3.63, 3.8) is 0 Å². The number of halogens is 1. The number of imide groups is 1. The van der Waals surface area contributed by atoms with Gasteiger partial charge in [-0.05, 0) is 37.6 Å². The van der Waals surface area contributed by atoms with Crippen molar-refractivity contribution in [3.8, 4) is 5.75 Å². The molecule has 1 aromatic carbocycles. The van der Waals surface area contributed by atoms with E-state index in [-0.39, 0.29) is 0 Å². The van der Waals surface area contributed by atoms with Crippen molar-refractivity contribution < 1.29 is 23.5 Å². The van der Waals surface area contributed by atoms with Crippen molar-refractivity contribution >= 4 is 35.1 Å². The van der Waals surface area contributed by atoms with Crippen molar-refractivity contribution in [1.82, 2.24) is 10.2 Å². The maximum Gasteiger partial charge on any atom is 0.325 e. The molecule has 27 heavy (non-hydrogen) atoms. The standard InChI is InChI=1S/C18H18ClN3O5/c1-10-7-12(13(26-3)8-11(10)19)20-15(23)9-22-16(24)18(2,21-17(22)25)14-5-4-6-27-14/h4-8H,9H2,1-3H3,(H,20,23)(H,21,25)/t18-/m1/s1. The van der Waals surface area contributed by atoms with E-state index in [0.29, 0.717) is 22.2 Å². The second kappa shape index (κ2) is 6.96. The number of amides is 4. The Bertz CT molecular complexity index is 912. The van der Waals surface area contributed by atoms with Gasteiger partial charge in [-0.1, -0.05) is 11.6 Å². The second-order valence-corrected chi connectivity index (χ2v) is 6.68. The van der Waals surface area contributed by atoms with Gasteiger partial charge >= 0.3 is 6.03 Å².